The number of rotatable bonds is 4. The molecule has 1 aromatic rings. The van der Waals surface area contributed by atoms with Gasteiger partial charge in [0.15, 0.2) is 0 Å². The van der Waals surface area contributed by atoms with Crippen LogP contribution in [0.25, 0.3) is 6.08 Å². The Balaban J connectivity index is 2.53. The Labute approximate surface area is 88.2 Å². The summed E-state index contributed by atoms with van der Waals surface area (Å²) in [7, 11) is 1.35. The first kappa shape index (κ1) is 11.4. The lowest BCUT2D eigenvalue weighted by Crippen LogP contribution is -1.96. The maximum atomic E-state index is 10.8. The molecule has 0 radical (unpaired) electrons. The van der Waals surface area contributed by atoms with Gasteiger partial charge in [-0.25, -0.2) is 0 Å². The minimum absolute atomic E-state index is 0.0147. The second kappa shape index (κ2) is 5.93. The van der Waals surface area contributed by atoms with Gasteiger partial charge in [0.25, 0.3) is 0 Å². The van der Waals surface area contributed by atoms with Crippen LogP contribution in [0.3, 0.4) is 0 Å². The summed E-state index contributed by atoms with van der Waals surface area (Å²) in [6, 6.07) is 3.56. The first-order valence-electron chi connectivity index (χ1n) is 4.55. The first-order chi connectivity index (χ1) is 7.26. The minimum atomic E-state index is -0.279. The van der Waals surface area contributed by atoms with Crippen LogP contribution in [0.1, 0.15) is 17.7 Å². The molecule has 1 N–H and O–H groups in total. The molecule has 1 aromatic heterocycles. The molecule has 0 bridgehead atoms. The number of hydrogen-bond acceptors (Lipinski definition) is 4. The van der Waals surface area contributed by atoms with Gasteiger partial charge in [-0.1, -0.05) is 12.1 Å². The molecular weight excluding hydrogens is 194 g/mol. The van der Waals surface area contributed by atoms with Crippen LogP contribution in [0.15, 0.2) is 24.4 Å². The van der Waals surface area contributed by atoms with E-state index in [0.29, 0.717) is 0 Å². The molecule has 1 rings (SSSR count). The first-order valence-corrected chi connectivity index (χ1v) is 4.55. The Morgan fingerprint density at radius 3 is 2.93 bits per heavy atom. The van der Waals surface area contributed by atoms with Gasteiger partial charge in [-0.05, 0) is 17.7 Å². The third-order valence-corrected chi connectivity index (χ3v) is 1.83. The number of ether oxygens (including phenoxy) is 1. The van der Waals surface area contributed by atoms with E-state index >= 15 is 0 Å². The molecule has 1 heterocycles. The lowest BCUT2D eigenvalue weighted by atomic mass is 10.2. The van der Waals surface area contributed by atoms with Crippen molar-refractivity contribution < 1.29 is 14.6 Å². The van der Waals surface area contributed by atoms with Gasteiger partial charge in [0, 0.05) is 6.20 Å². The van der Waals surface area contributed by atoms with E-state index in [0.717, 1.165) is 11.3 Å². The monoisotopic (exact) mass is 207 g/mol. The molecule has 0 fully saturated rings. The highest BCUT2D eigenvalue weighted by atomic mass is 16.5. The summed E-state index contributed by atoms with van der Waals surface area (Å²) >= 11 is 0. The van der Waals surface area contributed by atoms with Crippen LogP contribution in [0, 0.1) is 0 Å². The number of hydrogen-bond donors (Lipinski definition) is 1. The molecule has 15 heavy (non-hydrogen) atoms. The minimum Gasteiger partial charge on any atom is -0.469 e. The number of esters is 1. The summed E-state index contributed by atoms with van der Waals surface area (Å²) < 4.78 is 4.48. The molecule has 0 saturated heterocycles. The SMILES string of the molecule is COC(=O)CC=Cc1ccc(CO)cn1. The molecule has 0 saturated carbocycles. The van der Waals surface area contributed by atoms with Crippen molar-refractivity contribution in [1.82, 2.24) is 4.98 Å². The molecule has 0 aliphatic heterocycles. The Kier molecular flexibility index (Phi) is 4.50. The average Bonchev–Trinajstić information content (AvgIpc) is 2.29. The molecular formula is C11H13NO3. The van der Waals surface area contributed by atoms with Gasteiger partial charge in [0.1, 0.15) is 0 Å². The van der Waals surface area contributed by atoms with Crippen LogP contribution in [-0.2, 0) is 16.1 Å². The number of methoxy groups -OCH3 is 1. The second-order valence-electron chi connectivity index (χ2n) is 2.93. The highest BCUT2D eigenvalue weighted by Gasteiger charge is 1.95. The lowest BCUT2D eigenvalue weighted by Gasteiger charge is -1.96. The molecule has 0 aliphatic rings. The molecule has 4 heteroatoms. The van der Waals surface area contributed by atoms with E-state index in [4.69, 9.17) is 5.11 Å². The van der Waals surface area contributed by atoms with Crippen molar-refractivity contribution in [2.75, 3.05) is 7.11 Å². The standard InChI is InChI=1S/C11H13NO3/c1-15-11(14)4-2-3-10-6-5-9(8-13)7-12-10/h2-3,5-7,13H,4,8H2,1H3. The summed E-state index contributed by atoms with van der Waals surface area (Å²) in [5.41, 5.74) is 1.51. The van der Waals surface area contributed by atoms with Crippen molar-refractivity contribution in [1.29, 1.82) is 0 Å². The van der Waals surface area contributed by atoms with E-state index in [9.17, 15) is 4.79 Å². The molecule has 4 nitrogen and oxygen atoms in total. The molecule has 0 amide bonds. The van der Waals surface area contributed by atoms with Gasteiger partial charge >= 0.3 is 5.97 Å². The van der Waals surface area contributed by atoms with E-state index < -0.39 is 0 Å². The highest BCUT2D eigenvalue weighted by Crippen LogP contribution is 2.02. The van der Waals surface area contributed by atoms with Crippen LogP contribution >= 0.6 is 0 Å². The van der Waals surface area contributed by atoms with Crippen molar-refractivity contribution in [2.45, 2.75) is 13.0 Å². The van der Waals surface area contributed by atoms with Gasteiger partial charge in [-0.15, -0.1) is 0 Å². The summed E-state index contributed by atoms with van der Waals surface area (Å²) in [5, 5.41) is 8.79. The number of pyridine rings is 1. The average molecular weight is 207 g/mol. The second-order valence-corrected chi connectivity index (χ2v) is 2.93. The molecule has 0 spiro atoms. The van der Waals surface area contributed by atoms with Gasteiger partial charge in [0.05, 0.1) is 25.8 Å². The van der Waals surface area contributed by atoms with Crippen molar-refractivity contribution in [3.8, 4) is 0 Å². The van der Waals surface area contributed by atoms with Crippen molar-refractivity contribution >= 4 is 12.0 Å². The van der Waals surface area contributed by atoms with Gasteiger partial charge < -0.3 is 9.84 Å². The maximum absolute atomic E-state index is 10.8. The molecule has 0 unspecified atom stereocenters. The van der Waals surface area contributed by atoms with E-state index in [-0.39, 0.29) is 19.0 Å². The van der Waals surface area contributed by atoms with Crippen molar-refractivity contribution in [2.24, 2.45) is 0 Å². The zero-order chi connectivity index (χ0) is 11.1. The summed E-state index contributed by atoms with van der Waals surface area (Å²) in [5.74, 6) is -0.279. The number of aliphatic hydroxyl groups is 1. The third kappa shape index (κ3) is 3.91. The topological polar surface area (TPSA) is 59.4 Å². The number of nitrogens with zero attached hydrogens (tertiary/aromatic N) is 1. The lowest BCUT2D eigenvalue weighted by molar-refractivity contribution is -0.139. The predicted octanol–water partition coefficient (Wildman–Crippen LogP) is 1.15. The Morgan fingerprint density at radius 2 is 2.40 bits per heavy atom. The van der Waals surface area contributed by atoms with E-state index in [2.05, 4.69) is 9.72 Å². The highest BCUT2D eigenvalue weighted by molar-refractivity contribution is 5.72. The molecule has 0 atom stereocenters. The van der Waals surface area contributed by atoms with Crippen LogP contribution in [0.4, 0.5) is 0 Å². The van der Waals surface area contributed by atoms with Crippen molar-refractivity contribution in [3.05, 3.63) is 35.7 Å². The van der Waals surface area contributed by atoms with Gasteiger partial charge in [-0.2, -0.15) is 0 Å². The zero-order valence-electron chi connectivity index (χ0n) is 8.51. The van der Waals surface area contributed by atoms with Gasteiger partial charge in [0.2, 0.25) is 0 Å². The largest absolute Gasteiger partial charge is 0.469 e. The quantitative estimate of drug-likeness (QED) is 0.752. The Bertz CT molecular complexity index is 343. The maximum Gasteiger partial charge on any atom is 0.309 e. The third-order valence-electron chi connectivity index (χ3n) is 1.83. The number of carbonyl (C=O) groups excluding carboxylic acids is 1. The Hall–Kier alpha value is -1.68. The predicted molar refractivity (Wildman–Crippen MR) is 55.8 cm³/mol. The van der Waals surface area contributed by atoms with Crippen LogP contribution in [-0.4, -0.2) is 23.2 Å². The fourth-order valence-corrected chi connectivity index (χ4v) is 0.987. The smallest absolute Gasteiger partial charge is 0.309 e. The molecule has 0 aliphatic carbocycles. The van der Waals surface area contributed by atoms with Crippen molar-refractivity contribution in [3.63, 3.8) is 0 Å². The fourth-order valence-electron chi connectivity index (χ4n) is 0.987. The number of aliphatic hydroxyl groups excluding tert-OH is 1. The summed E-state index contributed by atoms with van der Waals surface area (Å²) in [6.45, 7) is -0.0147. The van der Waals surface area contributed by atoms with Crippen LogP contribution in [0.5, 0.6) is 0 Å². The normalized spacial score (nSPS) is 10.5. The number of aromatic nitrogens is 1. The summed E-state index contributed by atoms with van der Waals surface area (Å²) in [6.07, 6.45) is 5.25. The van der Waals surface area contributed by atoms with E-state index in [1.165, 1.54) is 7.11 Å². The van der Waals surface area contributed by atoms with E-state index in [1.807, 2.05) is 0 Å². The number of carbonyl (C=O) groups is 1. The van der Waals surface area contributed by atoms with Crippen LogP contribution < -0.4 is 0 Å². The van der Waals surface area contributed by atoms with E-state index in [1.54, 1.807) is 30.5 Å². The molecule has 80 valence electrons. The van der Waals surface area contributed by atoms with Crippen LogP contribution in [0.2, 0.25) is 0 Å². The zero-order valence-corrected chi connectivity index (χ0v) is 8.51. The summed E-state index contributed by atoms with van der Waals surface area (Å²) in [4.78, 5) is 14.8. The fraction of sp³-hybridized carbons (Fsp3) is 0.273. The Morgan fingerprint density at radius 1 is 1.60 bits per heavy atom. The molecule has 0 aromatic carbocycles. The van der Waals surface area contributed by atoms with Gasteiger partial charge in [-0.3, -0.25) is 9.78 Å².